The van der Waals surface area contributed by atoms with Crippen LogP contribution in [0, 0.1) is 0 Å². The molecule has 0 aliphatic heterocycles. The molecule has 0 bridgehead atoms. The number of alkyl halides is 2. The number of para-hydroxylation sites is 2. The van der Waals surface area contributed by atoms with Crippen LogP contribution in [0.4, 0.5) is 8.78 Å². The first-order valence-electron chi connectivity index (χ1n) is 7.73. The molecule has 0 aliphatic carbocycles. The van der Waals surface area contributed by atoms with Gasteiger partial charge in [0.05, 0.1) is 22.9 Å². The van der Waals surface area contributed by atoms with E-state index in [9.17, 15) is 13.6 Å². The van der Waals surface area contributed by atoms with Gasteiger partial charge in [0, 0.05) is 19.3 Å². The van der Waals surface area contributed by atoms with E-state index in [1.807, 2.05) is 28.8 Å². The number of pyridine rings is 1. The lowest BCUT2D eigenvalue weighted by Crippen LogP contribution is -2.26. The van der Waals surface area contributed by atoms with Crippen LogP contribution in [-0.4, -0.2) is 32.7 Å². The zero-order chi connectivity index (χ0) is 17.6. The highest BCUT2D eigenvalue weighted by Gasteiger charge is 2.16. The van der Waals surface area contributed by atoms with Gasteiger partial charge in [-0.1, -0.05) is 12.1 Å². The van der Waals surface area contributed by atoms with Gasteiger partial charge < -0.3 is 9.88 Å². The predicted octanol–water partition coefficient (Wildman–Crippen LogP) is 3.57. The zero-order valence-corrected chi connectivity index (χ0v) is 14.0. The Hall–Kier alpha value is -2.48. The van der Waals surface area contributed by atoms with E-state index in [0.29, 0.717) is 19.5 Å². The van der Waals surface area contributed by atoms with E-state index >= 15 is 0 Å². The molecule has 130 valence electrons. The quantitative estimate of drug-likeness (QED) is 0.516. The molecular formula is C17H16F2N4OS. The van der Waals surface area contributed by atoms with Gasteiger partial charge in [-0.3, -0.25) is 4.79 Å². The zero-order valence-electron chi connectivity index (χ0n) is 13.2. The van der Waals surface area contributed by atoms with E-state index < -0.39 is 11.7 Å². The topological polar surface area (TPSA) is 59.8 Å². The van der Waals surface area contributed by atoms with E-state index in [2.05, 4.69) is 15.3 Å². The maximum Gasteiger partial charge on any atom is 0.290 e. The molecule has 2 heterocycles. The summed E-state index contributed by atoms with van der Waals surface area (Å²) in [7, 11) is 0. The van der Waals surface area contributed by atoms with Gasteiger partial charge in [-0.15, -0.1) is 0 Å². The molecule has 8 heteroatoms. The molecule has 0 aliphatic rings. The minimum absolute atomic E-state index is 0.0376. The highest BCUT2D eigenvalue weighted by molar-refractivity contribution is 7.99. The number of imidazole rings is 1. The van der Waals surface area contributed by atoms with E-state index in [4.69, 9.17) is 0 Å². The van der Waals surface area contributed by atoms with E-state index in [1.165, 1.54) is 12.3 Å². The summed E-state index contributed by atoms with van der Waals surface area (Å²) >= 11 is 0.274. The Morgan fingerprint density at radius 1 is 1.20 bits per heavy atom. The Balaban J connectivity index is 1.55. The van der Waals surface area contributed by atoms with Gasteiger partial charge in [-0.2, -0.15) is 8.78 Å². The number of fused-ring (bicyclic) bond motifs is 1. The van der Waals surface area contributed by atoms with Crippen molar-refractivity contribution < 1.29 is 13.6 Å². The normalized spacial score (nSPS) is 11.2. The summed E-state index contributed by atoms with van der Waals surface area (Å²) < 4.78 is 27.1. The summed E-state index contributed by atoms with van der Waals surface area (Å²) in [6, 6.07) is 10.9. The number of halogens is 2. The number of nitrogens with zero attached hydrogens (tertiary/aromatic N) is 3. The van der Waals surface area contributed by atoms with Crippen molar-refractivity contribution in [2.24, 2.45) is 0 Å². The molecule has 1 N–H and O–H groups in total. The van der Waals surface area contributed by atoms with Crippen LogP contribution in [-0.2, 0) is 6.54 Å². The largest absolute Gasteiger partial charge is 0.352 e. The number of benzene rings is 1. The molecule has 3 rings (SSSR count). The van der Waals surface area contributed by atoms with Gasteiger partial charge in [-0.25, -0.2) is 9.97 Å². The van der Waals surface area contributed by atoms with Gasteiger partial charge in [-0.05, 0) is 42.4 Å². The van der Waals surface area contributed by atoms with Crippen molar-refractivity contribution in [2.75, 3.05) is 6.54 Å². The van der Waals surface area contributed by atoms with Crippen LogP contribution >= 0.6 is 11.8 Å². The third-order valence-corrected chi connectivity index (χ3v) is 4.33. The molecule has 3 aromatic rings. The maximum absolute atomic E-state index is 12.5. The number of carbonyl (C=O) groups excluding carboxylic acids is 1. The van der Waals surface area contributed by atoms with Crippen LogP contribution < -0.4 is 5.32 Å². The standard InChI is InChI=1S/C17H16F2N4OS/c18-17(19)25-16-12(5-3-8-21-16)15(24)20-9-4-10-23-11-22-13-6-1-2-7-14(13)23/h1-3,5-8,11,17H,4,9-10H2,(H,20,24). The lowest BCUT2D eigenvalue weighted by molar-refractivity contribution is 0.0949. The Bertz CT molecular complexity index is 868. The molecule has 0 atom stereocenters. The summed E-state index contributed by atoms with van der Waals surface area (Å²) in [5, 5.41) is 2.79. The summed E-state index contributed by atoms with van der Waals surface area (Å²) in [6.07, 6.45) is 3.86. The third-order valence-electron chi connectivity index (χ3n) is 3.61. The molecular weight excluding hydrogens is 346 g/mol. The lowest BCUT2D eigenvalue weighted by atomic mass is 10.2. The summed E-state index contributed by atoms with van der Waals surface area (Å²) in [4.78, 5) is 20.4. The number of thioether (sulfide) groups is 1. The third kappa shape index (κ3) is 4.33. The first kappa shape index (κ1) is 17.3. The van der Waals surface area contributed by atoms with E-state index in [-0.39, 0.29) is 22.4 Å². The first-order chi connectivity index (χ1) is 12.1. The number of hydrogen-bond acceptors (Lipinski definition) is 4. The smallest absolute Gasteiger partial charge is 0.290 e. The molecule has 2 aromatic heterocycles. The number of carbonyl (C=O) groups is 1. The first-order valence-corrected chi connectivity index (χ1v) is 8.61. The van der Waals surface area contributed by atoms with Crippen LogP contribution in [0.2, 0.25) is 0 Å². The van der Waals surface area contributed by atoms with Crippen molar-refractivity contribution in [2.45, 2.75) is 23.7 Å². The highest BCUT2D eigenvalue weighted by atomic mass is 32.2. The minimum atomic E-state index is -2.61. The average Bonchev–Trinajstić information content (AvgIpc) is 3.02. The number of nitrogens with one attached hydrogen (secondary N) is 1. The van der Waals surface area contributed by atoms with Crippen LogP contribution in [0.5, 0.6) is 0 Å². The maximum atomic E-state index is 12.5. The fourth-order valence-corrected chi connectivity index (χ4v) is 3.06. The fourth-order valence-electron chi connectivity index (χ4n) is 2.48. The number of aryl methyl sites for hydroxylation is 1. The Morgan fingerprint density at radius 2 is 2.04 bits per heavy atom. The van der Waals surface area contributed by atoms with Crippen LogP contribution in [0.3, 0.4) is 0 Å². The second-order valence-corrected chi connectivity index (χ2v) is 6.25. The van der Waals surface area contributed by atoms with Crippen LogP contribution in [0.15, 0.2) is 53.9 Å². The van der Waals surface area contributed by atoms with Gasteiger partial charge in [0.1, 0.15) is 5.03 Å². The molecule has 1 amide bonds. The molecule has 0 unspecified atom stereocenters. The molecule has 0 fully saturated rings. The Morgan fingerprint density at radius 3 is 2.88 bits per heavy atom. The highest BCUT2D eigenvalue weighted by Crippen LogP contribution is 2.26. The molecule has 25 heavy (non-hydrogen) atoms. The van der Waals surface area contributed by atoms with Gasteiger partial charge in [0.15, 0.2) is 0 Å². The van der Waals surface area contributed by atoms with Crippen LogP contribution in [0.25, 0.3) is 11.0 Å². The fraction of sp³-hybridized carbons (Fsp3) is 0.235. The number of hydrogen-bond donors (Lipinski definition) is 1. The summed E-state index contributed by atoms with van der Waals surface area (Å²) in [5.74, 6) is -3.01. The van der Waals surface area contributed by atoms with Crippen molar-refractivity contribution in [3.8, 4) is 0 Å². The number of aromatic nitrogens is 3. The van der Waals surface area contributed by atoms with Crippen molar-refractivity contribution in [3.05, 3.63) is 54.5 Å². The monoisotopic (exact) mass is 362 g/mol. The van der Waals surface area contributed by atoms with Crippen molar-refractivity contribution in [1.82, 2.24) is 19.9 Å². The number of rotatable bonds is 7. The molecule has 0 saturated carbocycles. The van der Waals surface area contributed by atoms with Crippen LogP contribution in [0.1, 0.15) is 16.8 Å². The van der Waals surface area contributed by atoms with E-state index in [0.717, 1.165) is 11.0 Å². The van der Waals surface area contributed by atoms with Crippen molar-refractivity contribution in [3.63, 3.8) is 0 Å². The van der Waals surface area contributed by atoms with Gasteiger partial charge in [0.25, 0.3) is 11.7 Å². The summed E-state index contributed by atoms with van der Waals surface area (Å²) in [6.45, 7) is 1.13. The Labute approximate surface area is 147 Å². The second-order valence-electron chi connectivity index (χ2n) is 5.27. The van der Waals surface area contributed by atoms with Crippen molar-refractivity contribution in [1.29, 1.82) is 0 Å². The second kappa shape index (κ2) is 8.06. The Kier molecular flexibility index (Phi) is 5.60. The molecule has 0 spiro atoms. The van der Waals surface area contributed by atoms with Gasteiger partial charge >= 0.3 is 0 Å². The lowest BCUT2D eigenvalue weighted by Gasteiger charge is -2.09. The molecule has 0 saturated heterocycles. The molecule has 0 radical (unpaired) electrons. The molecule has 1 aromatic carbocycles. The predicted molar refractivity (Wildman–Crippen MR) is 92.8 cm³/mol. The summed E-state index contributed by atoms with van der Waals surface area (Å²) in [5.41, 5.74) is 2.13. The average molecular weight is 362 g/mol. The van der Waals surface area contributed by atoms with Gasteiger partial charge in [0.2, 0.25) is 0 Å². The van der Waals surface area contributed by atoms with E-state index in [1.54, 1.807) is 12.4 Å². The van der Waals surface area contributed by atoms with Crippen molar-refractivity contribution >= 4 is 28.7 Å². The SMILES string of the molecule is O=C(NCCCn1cnc2ccccc21)c1cccnc1SC(F)F. The minimum Gasteiger partial charge on any atom is -0.352 e. The molecule has 5 nitrogen and oxygen atoms in total. The number of amides is 1.